The highest BCUT2D eigenvalue weighted by atomic mass is 35.5. The first kappa shape index (κ1) is 25.4. The van der Waals surface area contributed by atoms with Gasteiger partial charge in [-0.3, -0.25) is 9.59 Å². The predicted molar refractivity (Wildman–Crippen MR) is 120 cm³/mol. The van der Waals surface area contributed by atoms with Crippen LogP contribution in [0.3, 0.4) is 0 Å². The number of hydrogen-bond acceptors (Lipinski definition) is 6. The van der Waals surface area contributed by atoms with Crippen LogP contribution in [-0.4, -0.2) is 51.3 Å². The smallest absolute Gasteiger partial charge is 0.255 e. The van der Waals surface area contributed by atoms with Gasteiger partial charge in [0.05, 0.1) is 17.0 Å². The third kappa shape index (κ3) is 6.12. The number of hydrogen-bond donors (Lipinski definition) is 2. The number of nitrogens with zero attached hydrogens (tertiary/aromatic N) is 1. The van der Waals surface area contributed by atoms with Gasteiger partial charge in [0.15, 0.2) is 18.1 Å². The molecule has 3 N–H and O–H groups in total. The van der Waals surface area contributed by atoms with E-state index < -0.39 is 21.8 Å². The van der Waals surface area contributed by atoms with Gasteiger partial charge in [0.2, 0.25) is 10.0 Å². The van der Waals surface area contributed by atoms with Crippen LogP contribution in [0.2, 0.25) is 5.02 Å². The second-order valence-electron chi connectivity index (χ2n) is 6.66. The van der Waals surface area contributed by atoms with Crippen LogP contribution in [0.25, 0.3) is 0 Å². The zero-order valence-electron chi connectivity index (χ0n) is 18.1. The van der Waals surface area contributed by atoms with Gasteiger partial charge in [0, 0.05) is 25.2 Å². The summed E-state index contributed by atoms with van der Waals surface area (Å²) in [5.41, 5.74) is 6.01. The Hall–Kier alpha value is -2.82. The highest BCUT2D eigenvalue weighted by Gasteiger charge is 2.21. The van der Waals surface area contributed by atoms with Crippen molar-refractivity contribution in [2.45, 2.75) is 25.3 Å². The first-order chi connectivity index (χ1) is 15.1. The normalized spacial score (nSPS) is 11.3. The SMILES string of the molecule is CCN(CC)S(=O)(=O)c1ccc(CNC(=O)c2cc(Cl)c(OCC(N)=O)c(OC)c2)cc1. The van der Waals surface area contributed by atoms with Crippen LogP contribution in [0.1, 0.15) is 29.8 Å². The summed E-state index contributed by atoms with van der Waals surface area (Å²) in [5.74, 6) is -0.822. The molecule has 0 aliphatic rings. The Bertz CT molecular complexity index is 1070. The molecule has 0 saturated heterocycles. The zero-order valence-corrected chi connectivity index (χ0v) is 19.6. The molecule has 0 atom stereocenters. The average molecular weight is 484 g/mol. The van der Waals surface area contributed by atoms with E-state index in [-0.39, 0.29) is 40.1 Å². The maximum atomic E-state index is 12.6. The molecular weight excluding hydrogens is 458 g/mol. The molecule has 2 aromatic carbocycles. The number of halogens is 1. The number of primary amides is 1. The third-order valence-corrected chi connectivity index (χ3v) is 6.91. The second-order valence-corrected chi connectivity index (χ2v) is 9.01. The average Bonchev–Trinajstić information content (AvgIpc) is 2.76. The van der Waals surface area contributed by atoms with Crippen LogP contribution >= 0.6 is 11.6 Å². The fourth-order valence-electron chi connectivity index (χ4n) is 2.91. The van der Waals surface area contributed by atoms with E-state index in [0.29, 0.717) is 13.1 Å². The van der Waals surface area contributed by atoms with Crippen molar-refractivity contribution in [1.29, 1.82) is 0 Å². The molecule has 0 aliphatic carbocycles. The fourth-order valence-corrected chi connectivity index (χ4v) is 4.63. The van der Waals surface area contributed by atoms with Crippen LogP contribution in [0.5, 0.6) is 11.5 Å². The second kappa shape index (κ2) is 11.2. The molecule has 0 heterocycles. The van der Waals surface area contributed by atoms with Crippen molar-refractivity contribution in [2.75, 3.05) is 26.8 Å². The van der Waals surface area contributed by atoms with Gasteiger partial charge in [0.25, 0.3) is 11.8 Å². The molecular formula is C21H26ClN3O6S. The maximum absolute atomic E-state index is 12.6. The monoisotopic (exact) mass is 483 g/mol. The van der Waals surface area contributed by atoms with E-state index in [1.807, 2.05) is 0 Å². The van der Waals surface area contributed by atoms with E-state index >= 15 is 0 Å². The summed E-state index contributed by atoms with van der Waals surface area (Å²) < 4.78 is 36.9. The number of nitrogens with one attached hydrogen (secondary N) is 1. The Morgan fingerprint density at radius 1 is 1.12 bits per heavy atom. The summed E-state index contributed by atoms with van der Waals surface area (Å²) in [6.07, 6.45) is 0. The number of carbonyl (C=O) groups is 2. The van der Waals surface area contributed by atoms with Gasteiger partial charge in [-0.2, -0.15) is 4.31 Å². The lowest BCUT2D eigenvalue weighted by Crippen LogP contribution is -2.30. The molecule has 32 heavy (non-hydrogen) atoms. The summed E-state index contributed by atoms with van der Waals surface area (Å²) in [6, 6.07) is 9.13. The number of rotatable bonds is 11. The number of carbonyl (C=O) groups excluding carboxylic acids is 2. The van der Waals surface area contributed by atoms with Gasteiger partial charge >= 0.3 is 0 Å². The molecule has 2 aromatic rings. The van der Waals surface area contributed by atoms with Crippen molar-refractivity contribution in [2.24, 2.45) is 5.73 Å². The predicted octanol–water partition coefficient (Wildman–Crippen LogP) is 2.17. The van der Waals surface area contributed by atoms with Gasteiger partial charge in [-0.15, -0.1) is 0 Å². The largest absolute Gasteiger partial charge is 0.493 e. The van der Waals surface area contributed by atoms with E-state index in [0.717, 1.165) is 5.56 Å². The van der Waals surface area contributed by atoms with Crippen LogP contribution in [0.15, 0.2) is 41.3 Å². The molecule has 0 saturated carbocycles. The molecule has 0 spiro atoms. The van der Waals surface area contributed by atoms with Crippen molar-refractivity contribution in [3.63, 3.8) is 0 Å². The molecule has 2 rings (SSSR count). The first-order valence-electron chi connectivity index (χ1n) is 9.79. The van der Waals surface area contributed by atoms with Crippen molar-refractivity contribution < 1.29 is 27.5 Å². The maximum Gasteiger partial charge on any atom is 0.255 e. The van der Waals surface area contributed by atoms with Crippen molar-refractivity contribution in [3.8, 4) is 11.5 Å². The Labute approximate surface area is 192 Å². The van der Waals surface area contributed by atoms with Gasteiger partial charge in [-0.05, 0) is 29.8 Å². The van der Waals surface area contributed by atoms with Gasteiger partial charge in [-0.1, -0.05) is 37.6 Å². The lowest BCUT2D eigenvalue weighted by molar-refractivity contribution is -0.119. The van der Waals surface area contributed by atoms with Gasteiger partial charge in [-0.25, -0.2) is 8.42 Å². The molecule has 0 bridgehead atoms. The number of methoxy groups -OCH3 is 1. The topological polar surface area (TPSA) is 128 Å². The van der Waals surface area contributed by atoms with Crippen molar-refractivity contribution >= 4 is 33.4 Å². The summed E-state index contributed by atoms with van der Waals surface area (Å²) >= 11 is 6.17. The van der Waals surface area contributed by atoms with Crippen LogP contribution in [-0.2, 0) is 21.4 Å². The van der Waals surface area contributed by atoms with Crippen molar-refractivity contribution in [1.82, 2.24) is 9.62 Å². The third-order valence-electron chi connectivity index (χ3n) is 4.57. The van der Waals surface area contributed by atoms with Crippen LogP contribution < -0.4 is 20.5 Å². The number of benzene rings is 2. The molecule has 0 fully saturated rings. The summed E-state index contributed by atoms with van der Waals surface area (Å²) in [6.45, 7) is 4.11. The number of nitrogens with two attached hydrogens (primary N) is 1. The quantitative estimate of drug-likeness (QED) is 0.504. The van der Waals surface area contributed by atoms with Crippen LogP contribution in [0.4, 0.5) is 0 Å². The number of ether oxygens (including phenoxy) is 2. The Morgan fingerprint density at radius 3 is 2.28 bits per heavy atom. The Morgan fingerprint density at radius 2 is 1.75 bits per heavy atom. The molecule has 0 aromatic heterocycles. The minimum Gasteiger partial charge on any atom is -0.493 e. The summed E-state index contributed by atoms with van der Waals surface area (Å²) in [4.78, 5) is 23.7. The molecule has 11 heteroatoms. The van der Waals surface area contributed by atoms with E-state index in [1.54, 1.807) is 26.0 Å². The molecule has 0 unspecified atom stereocenters. The van der Waals surface area contributed by atoms with Gasteiger partial charge < -0.3 is 20.5 Å². The van der Waals surface area contributed by atoms with E-state index in [2.05, 4.69) is 5.32 Å². The highest BCUT2D eigenvalue weighted by Crippen LogP contribution is 2.36. The van der Waals surface area contributed by atoms with E-state index in [4.69, 9.17) is 26.8 Å². The minimum atomic E-state index is -3.54. The minimum absolute atomic E-state index is 0.0849. The Kier molecular flexibility index (Phi) is 8.88. The lowest BCUT2D eigenvalue weighted by atomic mass is 10.1. The molecule has 174 valence electrons. The Balaban J connectivity index is 2.11. The zero-order chi connectivity index (χ0) is 23.9. The molecule has 2 amide bonds. The number of amides is 2. The summed E-state index contributed by atoms with van der Waals surface area (Å²) in [5, 5.41) is 2.82. The lowest BCUT2D eigenvalue weighted by Gasteiger charge is -2.18. The van der Waals surface area contributed by atoms with E-state index in [9.17, 15) is 18.0 Å². The van der Waals surface area contributed by atoms with Crippen molar-refractivity contribution in [3.05, 3.63) is 52.5 Å². The van der Waals surface area contributed by atoms with Crippen LogP contribution in [0, 0.1) is 0 Å². The first-order valence-corrected chi connectivity index (χ1v) is 11.6. The summed E-state index contributed by atoms with van der Waals surface area (Å²) in [7, 11) is -2.17. The highest BCUT2D eigenvalue weighted by molar-refractivity contribution is 7.89. The molecule has 0 aliphatic heterocycles. The number of sulfonamides is 1. The molecule has 9 nitrogen and oxygen atoms in total. The van der Waals surface area contributed by atoms with E-state index in [1.165, 1.54) is 35.7 Å². The molecule has 0 radical (unpaired) electrons. The van der Waals surface area contributed by atoms with Gasteiger partial charge in [0.1, 0.15) is 0 Å². The fraction of sp³-hybridized carbons (Fsp3) is 0.333. The standard InChI is InChI=1S/C21H26ClN3O6S/c1-4-25(5-2)32(28,29)16-8-6-14(7-9-16)12-24-21(27)15-10-17(22)20(18(11-15)30-3)31-13-19(23)26/h6-11H,4-5,12-13H2,1-3H3,(H2,23,26)(H,24,27).